The molecule has 1 aliphatic rings. The highest BCUT2D eigenvalue weighted by molar-refractivity contribution is 6.62. The number of nitrogens with zero attached hydrogens (tertiary/aromatic N) is 1. The van der Waals surface area contributed by atoms with Crippen LogP contribution in [0.2, 0.25) is 0 Å². The van der Waals surface area contributed by atoms with E-state index in [0.717, 1.165) is 5.52 Å². The first-order valence-corrected chi connectivity index (χ1v) is 8.28. The van der Waals surface area contributed by atoms with Crippen molar-refractivity contribution in [3.63, 3.8) is 0 Å². The summed E-state index contributed by atoms with van der Waals surface area (Å²) in [7, 11) is -0.734. The molecule has 0 spiro atoms. The van der Waals surface area contributed by atoms with Crippen molar-refractivity contribution in [1.82, 2.24) is 4.98 Å². The maximum atomic E-state index is 14.7. The summed E-state index contributed by atoms with van der Waals surface area (Å²) in [6.07, 6.45) is 0. The standard InChI is InChI=1S/C19H19BFNO3/c1-18(2)19(3,4)25-20(24-18)13-10-9-12(11-14(13)21)17-22-15-7-5-6-8-16(15)23-17/h5-11H,1-4H3. The molecule has 0 aliphatic carbocycles. The zero-order chi connectivity index (χ0) is 17.8. The van der Waals surface area contributed by atoms with Crippen LogP contribution in [0.5, 0.6) is 0 Å². The lowest BCUT2D eigenvalue weighted by Crippen LogP contribution is -2.41. The van der Waals surface area contributed by atoms with E-state index < -0.39 is 24.1 Å². The SMILES string of the molecule is CC1(C)OB(c2ccc(-c3nc4ccccc4o3)cc2F)OC1(C)C. The van der Waals surface area contributed by atoms with Gasteiger partial charge in [-0.1, -0.05) is 18.2 Å². The molecule has 0 radical (unpaired) electrons. The lowest BCUT2D eigenvalue weighted by atomic mass is 9.78. The second-order valence-corrected chi connectivity index (χ2v) is 7.31. The van der Waals surface area contributed by atoms with Gasteiger partial charge in [-0.05, 0) is 52.0 Å². The summed E-state index contributed by atoms with van der Waals surface area (Å²) in [6, 6.07) is 12.3. The van der Waals surface area contributed by atoms with Crippen LogP contribution in [0.4, 0.5) is 4.39 Å². The van der Waals surface area contributed by atoms with Crippen LogP contribution in [-0.2, 0) is 9.31 Å². The maximum Gasteiger partial charge on any atom is 0.497 e. The van der Waals surface area contributed by atoms with Crippen molar-refractivity contribution in [2.24, 2.45) is 0 Å². The molecule has 128 valence electrons. The van der Waals surface area contributed by atoms with Gasteiger partial charge in [0.1, 0.15) is 11.3 Å². The molecule has 1 aliphatic heterocycles. The molecule has 1 fully saturated rings. The number of oxazole rings is 1. The van der Waals surface area contributed by atoms with Crippen LogP contribution in [0, 0.1) is 5.82 Å². The Morgan fingerprint density at radius 1 is 0.960 bits per heavy atom. The number of para-hydroxylation sites is 2. The minimum Gasteiger partial charge on any atom is -0.436 e. The first-order valence-electron chi connectivity index (χ1n) is 8.28. The molecule has 0 N–H and O–H groups in total. The number of hydrogen-bond donors (Lipinski definition) is 0. The van der Waals surface area contributed by atoms with Crippen LogP contribution >= 0.6 is 0 Å². The van der Waals surface area contributed by atoms with Crippen molar-refractivity contribution in [1.29, 1.82) is 0 Å². The normalized spacial score (nSPS) is 18.8. The van der Waals surface area contributed by atoms with Gasteiger partial charge in [-0.25, -0.2) is 9.37 Å². The van der Waals surface area contributed by atoms with Crippen LogP contribution in [0.15, 0.2) is 46.9 Å². The molecular weight excluding hydrogens is 320 g/mol. The molecule has 25 heavy (non-hydrogen) atoms. The van der Waals surface area contributed by atoms with Gasteiger partial charge in [0.15, 0.2) is 5.58 Å². The zero-order valence-electron chi connectivity index (χ0n) is 14.7. The Morgan fingerprint density at radius 3 is 2.28 bits per heavy atom. The predicted octanol–water partition coefficient (Wildman–Crippen LogP) is 3.93. The summed E-state index contributed by atoms with van der Waals surface area (Å²) in [5.74, 6) is -0.0150. The Hall–Kier alpha value is -2.18. The van der Waals surface area contributed by atoms with Gasteiger partial charge in [0.2, 0.25) is 5.89 Å². The number of benzene rings is 2. The Kier molecular flexibility index (Phi) is 3.53. The Labute approximate surface area is 146 Å². The Balaban J connectivity index is 1.68. The molecule has 3 aromatic rings. The number of hydrogen-bond acceptors (Lipinski definition) is 4. The molecule has 6 heteroatoms. The van der Waals surface area contributed by atoms with Crippen molar-refractivity contribution in [3.8, 4) is 11.5 Å². The van der Waals surface area contributed by atoms with E-state index in [0.29, 0.717) is 22.5 Å². The van der Waals surface area contributed by atoms with Gasteiger partial charge in [0.05, 0.1) is 11.2 Å². The molecule has 2 aromatic carbocycles. The summed E-state index contributed by atoms with van der Waals surface area (Å²) in [5, 5.41) is 0. The molecule has 1 saturated heterocycles. The maximum absolute atomic E-state index is 14.7. The lowest BCUT2D eigenvalue weighted by Gasteiger charge is -2.32. The summed E-state index contributed by atoms with van der Waals surface area (Å²) in [4.78, 5) is 4.40. The van der Waals surface area contributed by atoms with Crippen molar-refractivity contribution in [2.45, 2.75) is 38.9 Å². The molecule has 2 heterocycles. The smallest absolute Gasteiger partial charge is 0.436 e. The Morgan fingerprint density at radius 2 is 1.64 bits per heavy atom. The van der Waals surface area contributed by atoms with Gasteiger partial charge in [-0.2, -0.15) is 0 Å². The average Bonchev–Trinajstić information content (AvgIpc) is 3.05. The lowest BCUT2D eigenvalue weighted by molar-refractivity contribution is 0.00578. The van der Waals surface area contributed by atoms with Crippen LogP contribution in [0.1, 0.15) is 27.7 Å². The van der Waals surface area contributed by atoms with E-state index in [1.807, 2.05) is 52.0 Å². The summed E-state index contributed by atoms with van der Waals surface area (Å²) < 4.78 is 32.3. The van der Waals surface area contributed by atoms with Crippen molar-refractivity contribution in [2.75, 3.05) is 0 Å². The first kappa shape index (κ1) is 16.3. The van der Waals surface area contributed by atoms with Gasteiger partial charge in [0, 0.05) is 11.0 Å². The topological polar surface area (TPSA) is 44.5 Å². The van der Waals surface area contributed by atoms with Crippen molar-refractivity contribution < 1.29 is 18.1 Å². The van der Waals surface area contributed by atoms with E-state index in [-0.39, 0.29) is 0 Å². The molecule has 0 atom stereocenters. The minimum absolute atomic E-state index is 0.374. The second kappa shape index (κ2) is 5.41. The molecule has 0 amide bonds. The number of rotatable bonds is 2. The van der Waals surface area contributed by atoms with E-state index in [2.05, 4.69) is 4.98 Å². The molecule has 1 aromatic heterocycles. The third-order valence-corrected chi connectivity index (χ3v) is 5.05. The highest BCUT2D eigenvalue weighted by Crippen LogP contribution is 2.36. The monoisotopic (exact) mass is 339 g/mol. The number of fused-ring (bicyclic) bond motifs is 1. The van der Waals surface area contributed by atoms with Crippen LogP contribution in [0.25, 0.3) is 22.6 Å². The molecule has 0 bridgehead atoms. The first-order chi connectivity index (χ1) is 11.8. The quantitative estimate of drug-likeness (QED) is 0.664. The van der Waals surface area contributed by atoms with Gasteiger partial charge in [-0.15, -0.1) is 0 Å². The zero-order valence-corrected chi connectivity index (χ0v) is 14.7. The third kappa shape index (κ3) is 2.66. The predicted molar refractivity (Wildman–Crippen MR) is 95.1 cm³/mol. The van der Waals surface area contributed by atoms with Crippen molar-refractivity contribution >= 4 is 23.7 Å². The molecule has 0 unspecified atom stereocenters. The van der Waals surface area contributed by atoms with Crippen LogP contribution in [0.3, 0.4) is 0 Å². The van der Waals surface area contributed by atoms with Gasteiger partial charge < -0.3 is 13.7 Å². The van der Waals surface area contributed by atoms with Crippen molar-refractivity contribution in [3.05, 3.63) is 48.3 Å². The fourth-order valence-corrected chi connectivity index (χ4v) is 2.82. The minimum atomic E-state index is -0.734. The van der Waals surface area contributed by atoms with Crippen LogP contribution < -0.4 is 5.46 Å². The number of aromatic nitrogens is 1. The third-order valence-electron chi connectivity index (χ3n) is 5.05. The van der Waals surface area contributed by atoms with Gasteiger partial charge in [0.25, 0.3) is 0 Å². The largest absolute Gasteiger partial charge is 0.497 e. The second-order valence-electron chi connectivity index (χ2n) is 7.31. The highest BCUT2D eigenvalue weighted by atomic mass is 19.1. The summed E-state index contributed by atoms with van der Waals surface area (Å²) >= 11 is 0. The van der Waals surface area contributed by atoms with Crippen LogP contribution in [-0.4, -0.2) is 23.3 Å². The van der Waals surface area contributed by atoms with E-state index in [9.17, 15) is 4.39 Å². The van der Waals surface area contributed by atoms with E-state index in [4.69, 9.17) is 13.7 Å². The molecule has 0 saturated carbocycles. The highest BCUT2D eigenvalue weighted by Gasteiger charge is 2.52. The average molecular weight is 339 g/mol. The van der Waals surface area contributed by atoms with E-state index in [1.54, 1.807) is 12.1 Å². The van der Waals surface area contributed by atoms with Gasteiger partial charge >= 0.3 is 7.12 Å². The summed E-state index contributed by atoms with van der Waals surface area (Å²) in [6.45, 7) is 7.77. The van der Waals surface area contributed by atoms with E-state index >= 15 is 0 Å². The Bertz CT molecular complexity index is 902. The molecular formula is C19H19BFNO3. The molecule has 4 rings (SSSR count). The molecule has 4 nitrogen and oxygen atoms in total. The van der Waals surface area contributed by atoms with Gasteiger partial charge in [-0.3, -0.25) is 0 Å². The fraction of sp³-hybridized carbons (Fsp3) is 0.316. The van der Waals surface area contributed by atoms with E-state index in [1.165, 1.54) is 6.07 Å². The summed E-state index contributed by atoms with van der Waals surface area (Å²) in [5.41, 5.74) is 1.35. The fourth-order valence-electron chi connectivity index (χ4n) is 2.82. The number of halogens is 1.